The summed E-state index contributed by atoms with van der Waals surface area (Å²) in [4.78, 5) is 29.5. The van der Waals surface area contributed by atoms with Crippen LogP contribution in [0.15, 0.2) is 24.3 Å². The molecule has 2 amide bonds. The van der Waals surface area contributed by atoms with Crippen molar-refractivity contribution in [2.24, 2.45) is 0 Å². The number of nitrogens with one attached hydrogen (secondary N) is 1. The molecule has 0 radical (unpaired) electrons. The number of benzene rings is 1. The van der Waals surface area contributed by atoms with Crippen LogP contribution >= 0.6 is 0 Å². The van der Waals surface area contributed by atoms with Crippen LogP contribution in [0.2, 0.25) is 0 Å². The lowest BCUT2D eigenvalue weighted by Crippen LogP contribution is -2.52. The summed E-state index contributed by atoms with van der Waals surface area (Å²) in [7, 11) is 0. The Labute approximate surface area is 186 Å². The van der Waals surface area contributed by atoms with E-state index in [1.807, 2.05) is 32.9 Å². The molecule has 0 spiro atoms. The summed E-state index contributed by atoms with van der Waals surface area (Å²) in [6, 6.07) is 7.86. The molecule has 1 aromatic rings. The average Bonchev–Trinajstić information content (AvgIpc) is 2.71. The van der Waals surface area contributed by atoms with Crippen molar-refractivity contribution < 1.29 is 19.1 Å². The van der Waals surface area contributed by atoms with Crippen molar-refractivity contribution in [1.29, 1.82) is 0 Å². The number of piperidine rings is 1. The molecule has 0 aromatic heterocycles. The number of carbonyl (C=O) groups is 2. The molecule has 7 nitrogen and oxygen atoms in total. The molecular weight excluding hydrogens is 394 g/mol. The molecule has 2 atom stereocenters. The largest absolute Gasteiger partial charge is 0.444 e. The first kappa shape index (κ1) is 23.5. The van der Waals surface area contributed by atoms with E-state index in [1.165, 1.54) is 5.56 Å². The highest BCUT2D eigenvalue weighted by molar-refractivity contribution is 5.85. The number of hydrogen-bond donors (Lipinski definition) is 1. The summed E-state index contributed by atoms with van der Waals surface area (Å²) < 4.78 is 11.1. The van der Waals surface area contributed by atoms with E-state index in [1.54, 1.807) is 4.90 Å². The third-order valence-electron chi connectivity index (χ3n) is 5.62. The smallest absolute Gasteiger partial charge is 0.410 e. The highest BCUT2D eigenvalue weighted by Crippen LogP contribution is 2.21. The Hall–Kier alpha value is -2.12. The van der Waals surface area contributed by atoms with Crippen LogP contribution in [0.1, 0.15) is 58.1 Å². The van der Waals surface area contributed by atoms with Gasteiger partial charge in [0, 0.05) is 32.7 Å². The number of amides is 2. The maximum Gasteiger partial charge on any atom is 0.410 e. The van der Waals surface area contributed by atoms with E-state index in [9.17, 15) is 9.59 Å². The summed E-state index contributed by atoms with van der Waals surface area (Å²) in [6.45, 7) is 12.2. The highest BCUT2D eigenvalue weighted by atomic mass is 16.6. The van der Waals surface area contributed by atoms with Crippen molar-refractivity contribution in [1.82, 2.24) is 15.1 Å². The zero-order valence-electron chi connectivity index (χ0n) is 19.4. The van der Waals surface area contributed by atoms with E-state index in [2.05, 4.69) is 29.3 Å². The molecule has 0 saturated carbocycles. The molecule has 2 saturated heterocycles. The van der Waals surface area contributed by atoms with Gasteiger partial charge in [-0.3, -0.25) is 14.6 Å². The Morgan fingerprint density at radius 2 is 1.97 bits per heavy atom. The summed E-state index contributed by atoms with van der Waals surface area (Å²) in [5, 5.41) is 3.03. The molecule has 7 heteroatoms. The zero-order chi connectivity index (χ0) is 22.4. The van der Waals surface area contributed by atoms with E-state index in [4.69, 9.17) is 9.47 Å². The zero-order valence-corrected chi connectivity index (χ0v) is 19.4. The van der Waals surface area contributed by atoms with Crippen LogP contribution in [0.3, 0.4) is 0 Å². The van der Waals surface area contributed by atoms with Crippen molar-refractivity contribution in [3.63, 3.8) is 0 Å². The van der Waals surface area contributed by atoms with Crippen LogP contribution in [0.4, 0.5) is 4.79 Å². The molecule has 2 aliphatic heterocycles. The van der Waals surface area contributed by atoms with Gasteiger partial charge in [0.15, 0.2) is 0 Å². The predicted molar refractivity (Wildman–Crippen MR) is 120 cm³/mol. The van der Waals surface area contributed by atoms with Gasteiger partial charge in [0.25, 0.3) is 0 Å². The van der Waals surface area contributed by atoms with Crippen LogP contribution in [-0.4, -0.2) is 65.8 Å². The van der Waals surface area contributed by atoms with Crippen molar-refractivity contribution in [2.75, 3.05) is 26.2 Å². The minimum Gasteiger partial charge on any atom is -0.444 e. The standard InChI is InChI=1S/C24H37N3O4/c1-18-16-26(12-13-30-18)17-20-9-7-8-19(14-20)15-25-22(28)21-10-5-6-11-27(21)23(29)31-24(2,3)4/h7-9,14,18,21H,5-6,10-13,15-17H2,1-4H3,(H,25,28). The lowest BCUT2D eigenvalue weighted by Gasteiger charge is -2.35. The fraction of sp³-hybridized carbons (Fsp3) is 0.667. The lowest BCUT2D eigenvalue weighted by molar-refractivity contribution is -0.127. The Kier molecular flexibility index (Phi) is 7.94. The molecule has 3 rings (SSSR count). The number of morpholine rings is 1. The van der Waals surface area contributed by atoms with Crippen molar-refractivity contribution in [3.8, 4) is 0 Å². The van der Waals surface area contributed by atoms with Crippen LogP contribution in [0.5, 0.6) is 0 Å². The molecule has 2 aliphatic rings. The van der Waals surface area contributed by atoms with Gasteiger partial charge in [0.2, 0.25) is 5.91 Å². The number of ether oxygens (including phenoxy) is 2. The molecule has 1 N–H and O–H groups in total. The van der Waals surface area contributed by atoms with Crippen LogP contribution < -0.4 is 5.32 Å². The topological polar surface area (TPSA) is 71.1 Å². The molecular formula is C24H37N3O4. The number of hydrogen-bond acceptors (Lipinski definition) is 5. The molecule has 1 aromatic carbocycles. The Bertz CT molecular complexity index is 761. The van der Waals surface area contributed by atoms with Gasteiger partial charge in [-0.05, 0) is 58.1 Å². The molecule has 2 fully saturated rings. The van der Waals surface area contributed by atoms with Crippen molar-refractivity contribution >= 4 is 12.0 Å². The third kappa shape index (κ3) is 7.21. The number of rotatable bonds is 5. The van der Waals surface area contributed by atoms with Crippen LogP contribution in [0, 0.1) is 0 Å². The molecule has 172 valence electrons. The summed E-state index contributed by atoms with van der Waals surface area (Å²) >= 11 is 0. The Balaban J connectivity index is 1.56. The van der Waals surface area contributed by atoms with E-state index >= 15 is 0 Å². The van der Waals surface area contributed by atoms with E-state index in [-0.39, 0.29) is 12.0 Å². The second-order valence-corrected chi connectivity index (χ2v) is 9.64. The first-order valence-electron chi connectivity index (χ1n) is 11.4. The van der Waals surface area contributed by atoms with Gasteiger partial charge in [-0.1, -0.05) is 24.3 Å². The lowest BCUT2D eigenvalue weighted by atomic mass is 10.0. The fourth-order valence-corrected chi connectivity index (χ4v) is 4.18. The predicted octanol–water partition coefficient (Wildman–Crippen LogP) is 3.31. The SMILES string of the molecule is CC1CN(Cc2cccc(CNC(=O)C3CCCCN3C(=O)OC(C)(C)C)c2)CCO1. The minimum absolute atomic E-state index is 0.113. The number of likely N-dealkylation sites (tertiary alicyclic amines) is 1. The average molecular weight is 432 g/mol. The molecule has 31 heavy (non-hydrogen) atoms. The molecule has 0 bridgehead atoms. The van der Waals surface area contributed by atoms with Gasteiger partial charge in [0.1, 0.15) is 11.6 Å². The van der Waals surface area contributed by atoms with Crippen molar-refractivity contribution in [3.05, 3.63) is 35.4 Å². The van der Waals surface area contributed by atoms with Crippen LogP contribution in [0.25, 0.3) is 0 Å². The van der Waals surface area contributed by atoms with Gasteiger partial charge in [-0.15, -0.1) is 0 Å². The van der Waals surface area contributed by atoms with E-state index in [0.717, 1.165) is 44.6 Å². The third-order valence-corrected chi connectivity index (χ3v) is 5.62. The van der Waals surface area contributed by atoms with Gasteiger partial charge >= 0.3 is 6.09 Å². The maximum atomic E-state index is 12.9. The van der Waals surface area contributed by atoms with E-state index < -0.39 is 17.7 Å². The Morgan fingerprint density at radius 3 is 2.71 bits per heavy atom. The molecule has 0 aliphatic carbocycles. The second-order valence-electron chi connectivity index (χ2n) is 9.64. The van der Waals surface area contributed by atoms with Gasteiger partial charge in [0.05, 0.1) is 12.7 Å². The van der Waals surface area contributed by atoms with Gasteiger partial charge in [-0.25, -0.2) is 4.79 Å². The maximum absolute atomic E-state index is 12.9. The highest BCUT2D eigenvalue weighted by Gasteiger charge is 2.34. The van der Waals surface area contributed by atoms with Crippen LogP contribution in [-0.2, 0) is 27.4 Å². The van der Waals surface area contributed by atoms with Gasteiger partial charge < -0.3 is 14.8 Å². The number of nitrogens with zero attached hydrogens (tertiary/aromatic N) is 2. The first-order valence-corrected chi connectivity index (χ1v) is 11.4. The quantitative estimate of drug-likeness (QED) is 0.775. The van der Waals surface area contributed by atoms with Gasteiger partial charge in [-0.2, -0.15) is 0 Å². The normalized spacial score (nSPS) is 22.8. The second kappa shape index (κ2) is 10.5. The summed E-state index contributed by atoms with van der Waals surface area (Å²) in [5.41, 5.74) is 1.72. The fourth-order valence-electron chi connectivity index (χ4n) is 4.18. The monoisotopic (exact) mass is 431 g/mol. The Morgan fingerprint density at radius 1 is 1.19 bits per heavy atom. The molecule has 2 heterocycles. The summed E-state index contributed by atoms with van der Waals surface area (Å²) in [5.74, 6) is -0.113. The first-order chi connectivity index (χ1) is 14.7. The minimum atomic E-state index is -0.575. The summed E-state index contributed by atoms with van der Waals surface area (Å²) in [6.07, 6.45) is 2.35. The van der Waals surface area contributed by atoms with E-state index in [0.29, 0.717) is 19.5 Å². The number of carbonyl (C=O) groups excluding carboxylic acids is 2. The molecule has 2 unspecified atom stereocenters. The van der Waals surface area contributed by atoms with Crippen molar-refractivity contribution in [2.45, 2.75) is 77.8 Å².